The van der Waals surface area contributed by atoms with Gasteiger partial charge in [-0.25, -0.2) is 0 Å². The first kappa shape index (κ1) is 29.5. The minimum Gasteiger partial charge on any atom is -0.469 e. The lowest BCUT2D eigenvalue weighted by Crippen LogP contribution is -2.67. The van der Waals surface area contributed by atoms with Crippen molar-refractivity contribution in [2.24, 2.45) is 5.92 Å². The number of hydrogen-bond acceptors (Lipinski definition) is 5. The first-order valence-electron chi connectivity index (χ1n) is 13.0. The van der Waals surface area contributed by atoms with E-state index in [1.54, 1.807) is 6.08 Å². The zero-order valence-corrected chi connectivity index (χ0v) is 24.0. The Morgan fingerprint density at radius 2 is 1.42 bits per heavy atom. The maximum atomic E-state index is 12.2. The summed E-state index contributed by atoms with van der Waals surface area (Å²) in [6.45, 7) is 11.5. The molecule has 0 aliphatic carbocycles. The number of ether oxygens (including phenoxy) is 3. The van der Waals surface area contributed by atoms with Crippen LogP contribution in [-0.4, -0.2) is 40.9 Å². The highest BCUT2D eigenvalue weighted by molar-refractivity contribution is 6.99. The average molecular weight is 533 g/mol. The van der Waals surface area contributed by atoms with Crippen LogP contribution in [0.15, 0.2) is 104 Å². The largest absolute Gasteiger partial charge is 0.469 e. The number of benzene rings is 3. The van der Waals surface area contributed by atoms with E-state index in [9.17, 15) is 4.79 Å². The monoisotopic (exact) mass is 532 g/mol. The Hall–Kier alpha value is -3.03. The Kier molecular flexibility index (Phi) is 11.0. The molecule has 3 rings (SSSR count). The van der Waals surface area contributed by atoms with E-state index in [4.69, 9.17) is 18.6 Å². The summed E-state index contributed by atoms with van der Waals surface area (Å²) in [7, 11) is -1.40. The van der Waals surface area contributed by atoms with E-state index in [1.165, 1.54) is 17.5 Å². The highest BCUT2D eigenvalue weighted by atomic mass is 28.4. The molecular formula is C32H40O5Si. The van der Waals surface area contributed by atoms with Crippen molar-refractivity contribution in [2.45, 2.75) is 44.9 Å². The molecule has 2 atom stereocenters. The van der Waals surface area contributed by atoms with Crippen molar-refractivity contribution in [2.75, 3.05) is 20.5 Å². The summed E-state index contributed by atoms with van der Waals surface area (Å²) in [6, 6.07) is 30.8. The topological polar surface area (TPSA) is 54.0 Å². The van der Waals surface area contributed by atoms with Gasteiger partial charge in [0.05, 0.1) is 32.8 Å². The van der Waals surface area contributed by atoms with E-state index in [0.717, 1.165) is 5.56 Å². The van der Waals surface area contributed by atoms with Crippen LogP contribution >= 0.6 is 0 Å². The SMILES string of the molecule is C=C[C@@H](CC(=O)OC)[C@@H](CO[Si](c1ccccc1)(c1ccccc1)C(C)(C)C)OCOCc1ccccc1. The van der Waals surface area contributed by atoms with E-state index < -0.39 is 14.4 Å². The molecule has 0 aliphatic heterocycles. The fourth-order valence-electron chi connectivity index (χ4n) is 4.78. The number of hydrogen-bond donors (Lipinski definition) is 0. The van der Waals surface area contributed by atoms with E-state index in [0.29, 0.717) is 6.61 Å². The lowest BCUT2D eigenvalue weighted by Gasteiger charge is -2.44. The van der Waals surface area contributed by atoms with Crippen LogP contribution < -0.4 is 10.4 Å². The molecule has 38 heavy (non-hydrogen) atoms. The molecule has 0 unspecified atom stereocenters. The van der Waals surface area contributed by atoms with Crippen molar-refractivity contribution in [3.05, 3.63) is 109 Å². The van der Waals surface area contributed by atoms with Gasteiger partial charge in [0.2, 0.25) is 0 Å². The van der Waals surface area contributed by atoms with Crippen molar-refractivity contribution in [3.8, 4) is 0 Å². The number of carbonyl (C=O) groups is 1. The number of esters is 1. The maximum Gasteiger partial charge on any atom is 0.306 e. The van der Waals surface area contributed by atoms with Crippen LogP contribution in [0.4, 0.5) is 0 Å². The molecule has 0 fully saturated rings. The first-order chi connectivity index (χ1) is 18.3. The molecule has 0 N–H and O–H groups in total. The van der Waals surface area contributed by atoms with Crippen LogP contribution in [-0.2, 0) is 30.0 Å². The van der Waals surface area contributed by atoms with Gasteiger partial charge in [0.25, 0.3) is 8.32 Å². The molecule has 0 aliphatic rings. The minimum atomic E-state index is -2.79. The van der Waals surface area contributed by atoms with E-state index in [-0.39, 0.29) is 36.7 Å². The fraction of sp³-hybridized carbons (Fsp3) is 0.344. The molecule has 6 heteroatoms. The van der Waals surface area contributed by atoms with Crippen LogP contribution in [0.2, 0.25) is 5.04 Å². The third-order valence-electron chi connectivity index (χ3n) is 6.77. The Morgan fingerprint density at radius 3 is 1.89 bits per heavy atom. The Morgan fingerprint density at radius 1 is 0.895 bits per heavy atom. The number of carbonyl (C=O) groups excluding carboxylic acids is 1. The molecule has 0 saturated carbocycles. The molecule has 0 spiro atoms. The molecule has 0 aromatic heterocycles. The molecule has 0 heterocycles. The summed E-state index contributed by atoms with van der Waals surface area (Å²) in [5.74, 6) is -0.625. The normalized spacial score (nSPS) is 13.5. The second-order valence-corrected chi connectivity index (χ2v) is 14.6. The van der Waals surface area contributed by atoms with E-state index >= 15 is 0 Å². The van der Waals surface area contributed by atoms with Gasteiger partial charge in [-0.2, -0.15) is 0 Å². The third kappa shape index (κ3) is 7.51. The zero-order valence-electron chi connectivity index (χ0n) is 23.0. The van der Waals surface area contributed by atoms with Crippen molar-refractivity contribution >= 4 is 24.7 Å². The standard InChI is InChI=1S/C32H40O5Si/c1-6-27(22-31(33)34-5)30(36-25-35-23-26-16-10-7-11-17-26)24-37-38(32(2,3)4,28-18-12-8-13-19-28)29-20-14-9-15-21-29/h6-21,27,30H,1,22-25H2,2-5H3/t27-,30+/m0/s1. The van der Waals surface area contributed by atoms with Gasteiger partial charge in [-0.3, -0.25) is 4.79 Å². The predicted molar refractivity (Wildman–Crippen MR) is 155 cm³/mol. The van der Waals surface area contributed by atoms with Gasteiger partial charge in [0, 0.05) is 5.92 Å². The molecule has 0 bridgehead atoms. The molecular weight excluding hydrogens is 492 g/mol. The van der Waals surface area contributed by atoms with Gasteiger partial charge in [-0.1, -0.05) is 118 Å². The maximum absolute atomic E-state index is 12.2. The highest BCUT2D eigenvalue weighted by Gasteiger charge is 2.50. The molecule has 0 saturated heterocycles. The summed E-state index contributed by atoms with van der Waals surface area (Å²) in [6.07, 6.45) is 1.44. The summed E-state index contributed by atoms with van der Waals surface area (Å²) < 4.78 is 24.1. The summed E-state index contributed by atoms with van der Waals surface area (Å²) in [5.41, 5.74) is 1.06. The Labute approximate surface area is 228 Å². The second-order valence-electron chi connectivity index (χ2n) is 10.3. The molecule has 3 aromatic carbocycles. The van der Waals surface area contributed by atoms with Gasteiger partial charge in [-0.05, 0) is 21.0 Å². The molecule has 0 radical (unpaired) electrons. The van der Waals surface area contributed by atoms with Crippen molar-refractivity contribution in [1.82, 2.24) is 0 Å². The quantitative estimate of drug-likeness (QED) is 0.0904. The van der Waals surface area contributed by atoms with Gasteiger partial charge >= 0.3 is 5.97 Å². The second kappa shape index (κ2) is 14.2. The van der Waals surface area contributed by atoms with E-state index in [1.807, 2.05) is 42.5 Å². The lowest BCUT2D eigenvalue weighted by molar-refractivity contribution is -0.146. The van der Waals surface area contributed by atoms with Gasteiger partial charge < -0.3 is 18.6 Å². The van der Waals surface area contributed by atoms with Gasteiger partial charge in [0.15, 0.2) is 0 Å². The lowest BCUT2D eigenvalue weighted by atomic mass is 9.99. The van der Waals surface area contributed by atoms with Gasteiger partial charge in [-0.15, -0.1) is 6.58 Å². The van der Waals surface area contributed by atoms with Crippen LogP contribution in [0, 0.1) is 5.92 Å². The van der Waals surface area contributed by atoms with Crippen molar-refractivity contribution in [1.29, 1.82) is 0 Å². The average Bonchev–Trinajstić information content (AvgIpc) is 2.94. The van der Waals surface area contributed by atoms with Crippen LogP contribution in [0.3, 0.4) is 0 Å². The Bertz CT molecular complexity index is 1070. The molecule has 202 valence electrons. The summed E-state index contributed by atoms with van der Waals surface area (Å²) >= 11 is 0. The zero-order chi connectivity index (χ0) is 27.4. The minimum absolute atomic E-state index is 0.0647. The van der Waals surface area contributed by atoms with Crippen molar-refractivity contribution < 1.29 is 23.4 Å². The molecule has 0 amide bonds. The van der Waals surface area contributed by atoms with Crippen LogP contribution in [0.5, 0.6) is 0 Å². The number of rotatable bonds is 14. The van der Waals surface area contributed by atoms with Crippen molar-refractivity contribution in [3.63, 3.8) is 0 Å². The van der Waals surface area contributed by atoms with Gasteiger partial charge in [0.1, 0.15) is 6.79 Å². The fourth-order valence-corrected chi connectivity index (χ4v) is 9.35. The molecule has 5 nitrogen and oxygen atoms in total. The predicted octanol–water partition coefficient (Wildman–Crippen LogP) is 5.49. The smallest absolute Gasteiger partial charge is 0.306 e. The highest BCUT2D eigenvalue weighted by Crippen LogP contribution is 2.37. The summed E-state index contributed by atoms with van der Waals surface area (Å²) in [4.78, 5) is 12.2. The van der Waals surface area contributed by atoms with E-state index in [2.05, 4.69) is 75.9 Å². The third-order valence-corrected chi connectivity index (χ3v) is 11.8. The Balaban J connectivity index is 1.89. The van der Waals surface area contributed by atoms with Crippen LogP contribution in [0.25, 0.3) is 0 Å². The molecule has 3 aromatic rings. The number of methoxy groups -OCH3 is 1. The first-order valence-corrected chi connectivity index (χ1v) is 14.9. The van der Waals surface area contributed by atoms with Crippen LogP contribution in [0.1, 0.15) is 32.8 Å². The summed E-state index contributed by atoms with van der Waals surface area (Å²) in [5, 5.41) is 2.18.